The fourth-order valence-corrected chi connectivity index (χ4v) is 12.3. The number of benzene rings is 6. The Morgan fingerprint density at radius 1 is 0.348 bits per heavy atom. The summed E-state index contributed by atoms with van der Waals surface area (Å²) in [7, 11) is -5.53. The molecule has 0 aliphatic heterocycles. The third-order valence-corrected chi connectivity index (χ3v) is 16.3. The lowest BCUT2D eigenvalue weighted by Crippen LogP contribution is -2.61. The SMILES string of the molecule is Cc1ccc([C@H](O[Si](C)(c2ccccc2)c2ccccc2)[C@@H](O[Si](C)(c2ccccc2)c2ccccc2)c2ccc(C)cc2)cc1. The van der Waals surface area contributed by atoms with Gasteiger partial charge in [0.05, 0.1) is 0 Å². The molecule has 0 spiro atoms. The van der Waals surface area contributed by atoms with E-state index in [0.29, 0.717) is 0 Å². The minimum absolute atomic E-state index is 0.375. The molecule has 0 amide bonds. The van der Waals surface area contributed by atoms with Crippen molar-refractivity contribution in [2.24, 2.45) is 0 Å². The van der Waals surface area contributed by atoms with Crippen LogP contribution in [0.2, 0.25) is 13.1 Å². The van der Waals surface area contributed by atoms with Gasteiger partial charge in [0.1, 0.15) is 12.2 Å². The number of aryl methyl sites for hydroxylation is 2. The minimum atomic E-state index is -2.77. The summed E-state index contributed by atoms with van der Waals surface area (Å²) in [5.41, 5.74) is 4.65. The van der Waals surface area contributed by atoms with Crippen molar-refractivity contribution in [3.8, 4) is 0 Å². The first kappa shape index (κ1) is 31.6. The van der Waals surface area contributed by atoms with Crippen LogP contribution in [0.3, 0.4) is 0 Å². The maximum atomic E-state index is 7.74. The van der Waals surface area contributed by atoms with Crippen molar-refractivity contribution < 1.29 is 8.85 Å². The van der Waals surface area contributed by atoms with Crippen LogP contribution in [0.5, 0.6) is 0 Å². The highest BCUT2D eigenvalue weighted by molar-refractivity contribution is 6.97. The summed E-state index contributed by atoms with van der Waals surface area (Å²) >= 11 is 0. The van der Waals surface area contributed by atoms with Crippen molar-refractivity contribution in [1.82, 2.24) is 0 Å². The lowest BCUT2D eigenvalue weighted by molar-refractivity contribution is 0.0469. The predicted molar refractivity (Wildman–Crippen MR) is 198 cm³/mol. The van der Waals surface area contributed by atoms with Crippen molar-refractivity contribution in [2.45, 2.75) is 39.1 Å². The van der Waals surface area contributed by atoms with Gasteiger partial charge < -0.3 is 8.85 Å². The van der Waals surface area contributed by atoms with E-state index in [9.17, 15) is 0 Å². The van der Waals surface area contributed by atoms with Gasteiger partial charge in [0.25, 0.3) is 16.6 Å². The Kier molecular flexibility index (Phi) is 9.62. The summed E-state index contributed by atoms with van der Waals surface area (Å²) in [6.45, 7) is 8.93. The Bertz CT molecular complexity index is 1590. The van der Waals surface area contributed by atoms with Gasteiger partial charge in [-0.1, -0.05) is 181 Å². The zero-order chi connectivity index (χ0) is 32.0. The second-order valence-corrected chi connectivity index (χ2v) is 19.3. The molecular weight excluding hydrogens is 593 g/mol. The predicted octanol–water partition coefficient (Wildman–Crippen LogP) is 7.90. The highest BCUT2D eigenvalue weighted by Gasteiger charge is 2.44. The van der Waals surface area contributed by atoms with Gasteiger partial charge in [-0.2, -0.15) is 0 Å². The monoisotopic (exact) mass is 634 g/mol. The second-order valence-electron chi connectivity index (χ2n) is 12.4. The molecule has 2 atom stereocenters. The van der Waals surface area contributed by atoms with Crippen LogP contribution in [0, 0.1) is 13.8 Å². The normalized spacial score (nSPS) is 13.2. The smallest absolute Gasteiger partial charge is 0.253 e. The molecule has 6 aromatic rings. The van der Waals surface area contributed by atoms with Crippen LogP contribution in [-0.4, -0.2) is 16.6 Å². The third-order valence-electron chi connectivity index (χ3n) is 9.11. The van der Waals surface area contributed by atoms with Crippen molar-refractivity contribution in [1.29, 1.82) is 0 Å². The Morgan fingerprint density at radius 2 is 0.587 bits per heavy atom. The largest absolute Gasteiger partial charge is 0.398 e. The zero-order valence-corrected chi connectivity index (χ0v) is 29.1. The van der Waals surface area contributed by atoms with E-state index in [1.54, 1.807) is 0 Å². The molecule has 0 heterocycles. The molecule has 0 aromatic heterocycles. The van der Waals surface area contributed by atoms with Gasteiger partial charge in [-0.15, -0.1) is 0 Å². The van der Waals surface area contributed by atoms with Gasteiger partial charge in [0.2, 0.25) is 0 Å². The Labute approximate surface area is 276 Å². The van der Waals surface area contributed by atoms with Crippen LogP contribution >= 0.6 is 0 Å². The summed E-state index contributed by atoms with van der Waals surface area (Å²) in [6.07, 6.45) is -0.751. The molecule has 0 aliphatic carbocycles. The molecule has 0 fully saturated rings. The second kappa shape index (κ2) is 14.0. The van der Waals surface area contributed by atoms with E-state index in [1.165, 1.54) is 31.9 Å². The molecule has 0 saturated heterocycles. The van der Waals surface area contributed by atoms with Crippen LogP contribution in [-0.2, 0) is 8.85 Å². The van der Waals surface area contributed by atoms with Crippen LogP contribution < -0.4 is 20.7 Å². The summed E-state index contributed by atoms with van der Waals surface area (Å²) in [5.74, 6) is 0. The van der Waals surface area contributed by atoms with Crippen LogP contribution in [0.25, 0.3) is 0 Å². The highest BCUT2D eigenvalue weighted by Crippen LogP contribution is 2.39. The average molecular weight is 635 g/mol. The summed E-state index contributed by atoms with van der Waals surface area (Å²) in [5, 5.41) is 4.92. The van der Waals surface area contributed by atoms with E-state index < -0.39 is 16.6 Å². The first-order chi connectivity index (χ1) is 22.4. The number of hydrogen-bond acceptors (Lipinski definition) is 2. The van der Waals surface area contributed by atoms with Gasteiger partial charge in [-0.05, 0) is 58.8 Å². The van der Waals surface area contributed by atoms with Gasteiger partial charge >= 0.3 is 0 Å². The highest BCUT2D eigenvalue weighted by atomic mass is 28.4. The van der Waals surface area contributed by atoms with E-state index in [1.807, 2.05) is 0 Å². The van der Waals surface area contributed by atoms with Gasteiger partial charge in [-0.3, -0.25) is 0 Å². The molecule has 2 nitrogen and oxygen atoms in total. The van der Waals surface area contributed by atoms with Crippen molar-refractivity contribution in [3.63, 3.8) is 0 Å². The van der Waals surface area contributed by atoms with E-state index in [4.69, 9.17) is 8.85 Å². The molecule has 0 aliphatic rings. The van der Waals surface area contributed by atoms with Gasteiger partial charge in [-0.25, -0.2) is 0 Å². The molecule has 0 bridgehead atoms. The van der Waals surface area contributed by atoms with E-state index in [2.05, 4.69) is 197 Å². The quantitative estimate of drug-likeness (QED) is 0.135. The molecule has 230 valence electrons. The molecular formula is C42H42O2Si2. The first-order valence-electron chi connectivity index (χ1n) is 16.1. The average Bonchev–Trinajstić information content (AvgIpc) is 3.12. The van der Waals surface area contributed by atoms with Crippen molar-refractivity contribution in [3.05, 3.63) is 192 Å². The number of rotatable bonds is 11. The lowest BCUT2D eigenvalue weighted by Gasteiger charge is -2.41. The molecule has 4 heteroatoms. The molecule has 0 unspecified atom stereocenters. The van der Waals surface area contributed by atoms with Crippen LogP contribution in [0.4, 0.5) is 0 Å². The molecule has 6 aromatic carbocycles. The summed E-state index contributed by atoms with van der Waals surface area (Å²) in [4.78, 5) is 0. The molecule has 0 N–H and O–H groups in total. The van der Waals surface area contributed by atoms with E-state index in [0.717, 1.165) is 11.1 Å². The summed E-state index contributed by atoms with van der Waals surface area (Å²) in [6, 6.07) is 60.7. The van der Waals surface area contributed by atoms with E-state index >= 15 is 0 Å². The van der Waals surface area contributed by atoms with Crippen molar-refractivity contribution in [2.75, 3.05) is 0 Å². The van der Waals surface area contributed by atoms with Gasteiger partial charge in [0, 0.05) is 0 Å². The van der Waals surface area contributed by atoms with Crippen LogP contribution in [0.15, 0.2) is 170 Å². The number of hydrogen-bond donors (Lipinski definition) is 0. The summed E-state index contributed by atoms with van der Waals surface area (Å²) < 4.78 is 15.5. The minimum Gasteiger partial charge on any atom is -0.398 e. The maximum absolute atomic E-state index is 7.74. The first-order valence-corrected chi connectivity index (χ1v) is 20.9. The zero-order valence-electron chi connectivity index (χ0n) is 27.1. The Morgan fingerprint density at radius 3 is 0.826 bits per heavy atom. The maximum Gasteiger partial charge on any atom is 0.253 e. The Balaban J connectivity index is 1.57. The lowest BCUT2D eigenvalue weighted by atomic mass is 9.97. The molecule has 0 saturated carbocycles. The van der Waals surface area contributed by atoms with E-state index in [-0.39, 0.29) is 12.2 Å². The topological polar surface area (TPSA) is 18.5 Å². The molecule has 46 heavy (non-hydrogen) atoms. The van der Waals surface area contributed by atoms with Gasteiger partial charge in [0.15, 0.2) is 0 Å². The Hall–Kier alpha value is -4.33. The third kappa shape index (κ3) is 6.76. The van der Waals surface area contributed by atoms with Crippen molar-refractivity contribution >= 4 is 37.4 Å². The standard InChI is InChI=1S/C42H42O2Si2/c1-33-25-29-35(30-26-33)41(43-45(3,37-17-9-5-10-18-37)38-19-11-6-12-20-38)42(36-31-27-34(2)28-32-36)44-46(4,39-21-13-7-14-22-39)40-23-15-8-16-24-40/h5-32,41-42H,1-4H3/t41-,42-/m0/s1. The van der Waals surface area contributed by atoms with Crippen LogP contribution in [0.1, 0.15) is 34.5 Å². The molecule has 0 radical (unpaired) electrons. The fourth-order valence-electron chi connectivity index (χ4n) is 6.26. The fraction of sp³-hybridized carbons (Fsp3) is 0.143. The molecule has 6 rings (SSSR count).